The molecule has 0 aromatic heterocycles. The molecule has 0 aliphatic carbocycles. The number of aliphatic hydroxyl groups is 1. The predicted molar refractivity (Wildman–Crippen MR) is 124 cm³/mol. The molecule has 1 N–H and O–H groups in total. The van der Waals surface area contributed by atoms with Gasteiger partial charge in [0.15, 0.2) is 5.60 Å². The fourth-order valence-electron chi connectivity index (χ4n) is 4.56. The van der Waals surface area contributed by atoms with Crippen molar-refractivity contribution in [1.29, 1.82) is 0 Å². The van der Waals surface area contributed by atoms with Crippen molar-refractivity contribution in [2.75, 3.05) is 38.3 Å². The Hall–Kier alpha value is -2.81. The van der Waals surface area contributed by atoms with Crippen LogP contribution in [-0.2, 0) is 11.2 Å². The van der Waals surface area contributed by atoms with Gasteiger partial charge in [0.25, 0.3) is 5.91 Å². The third-order valence-corrected chi connectivity index (χ3v) is 8.29. The van der Waals surface area contributed by atoms with E-state index in [1.807, 2.05) is 36.4 Å². The molecule has 2 saturated heterocycles. The van der Waals surface area contributed by atoms with E-state index in [4.69, 9.17) is 9.47 Å². The third kappa shape index (κ3) is 3.92. The summed E-state index contributed by atoms with van der Waals surface area (Å²) >= 11 is -1.07. The summed E-state index contributed by atoms with van der Waals surface area (Å²) in [5, 5.41) is 13.2. The fraction of sp³-hybridized carbons (Fsp3) is 0.320. The number of hydrogen-bond acceptors (Lipinski definition) is 5. The molecule has 6 nitrogen and oxygen atoms in total. The van der Waals surface area contributed by atoms with Crippen LogP contribution in [-0.4, -0.2) is 64.4 Å². The molecule has 0 bridgehead atoms. The zero-order chi connectivity index (χ0) is 23.2. The third-order valence-electron chi connectivity index (χ3n) is 6.69. The number of halogens is 1. The zero-order valence-electron chi connectivity index (χ0n) is 18.1. The number of rotatable bonds is 6. The second-order valence-corrected chi connectivity index (χ2v) is 10.3. The Morgan fingerprint density at radius 2 is 1.67 bits per heavy atom. The number of hydrogen-bond donors (Lipinski definition) is 1. The van der Waals surface area contributed by atoms with E-state index in [0.717, 1.165) is 16.5 Å². The maximum atomic E-state index is 13.2. The summed E-state index contributed by atoms with van der Waals surface area (Å²) in [6.07, 6.45) is 0. The first-order valence-electron chi connectivity index (χ1n) is 10.6. The predicted octanol–water partition coefficient (Wildman–Crippen LogP) is 3.00. The van der Waals surface area contributed by atoms with Gasteiger partial charge in [-0.3, -0.25) is 4.79 Å². The number of benzene rings is 3. The average Bonchev–Trinajstić information content (AvgIpc) is 2.77. The van der Waals surface area contributed by atoms with Crippen molar-refractivity contribution in [1.82, 2.24) is 4.90 Å². The van der Waals surface area contributed by atoms with Crippen molar-refractivity contribution in [3.63, 3.8) is 0 Å². The van der Waals surface area contributed by atoms with Gasteiger partial charge < -0.3 is 24.0 Å². The van der Waals surface area contributed by atoms with Crippen molar-refractivity contribution >= 4 is 27.9 Å². The summed E-state index contributed by atoms with van der Waals surface area (Å²) in [6.45, 7) is 0.749. The number of amides is 1. The van der Waals surface area contributed by atoms with Crippen molar-refractivity contribution < 1.29 is 28.3 Å². The molecular weight excluding hydrogens is 445 g/mol. The van der Waals surface area contributed by atoms with Crippen LogP contribution in [0, 0.1) is 11.2 Å². The maximum Gasteiger partial charge on any atom is 0.253 e. The van der Waals surface area contributed by atoms with Crippen molar-refractivity contribution in [3.8, 4) is 11.5 Å². The van der Waals surface area contributed by atoms with Gasteiger partial charge in [-0.05, 0) is 70.5 Å². The van der Waals surface area contributed by atoms with E-state index in [1.165, 1.54) is 24.3 Å². The molecule has 0 atom stereocenters. The number of nitrogens with zero attached hydrogens (tertiary/aromatic N) is 1. The summed E-state index contributed by atoms with van der Waals surface area (Å²) in [5.74, 6) is 1.14. The minimum atomic E-state index is -1.15. The Bertz CT molecular complexity index is 1190. The number of fused-ring (bicyclic) bond motifs is 1. The summed E-state index contributed by atoms with van der Waals surface area (Å²) in [6, 6.07) is 16.9. The second kappa shape index (κ2) is 8.20. The SMILES string of the molecule is COc1ccc2cc(OCC3(C4(O)C[S+]([O-])C4)CN(C(=O)c4ccc(F)cc4)C3)ccc2c1. The summed E-state index contributed by atoms with van der Waals surface area (Å²) in [7, 11) is 1.62. The van der Waals surface area contributed by atoms with Crippen molar-refractivity contribution in [2.24, 2.45) is 5.41 Å². The standard InChI is InChI=1S/C25H24FNO5S/c1-31-21-8-4-19-11-22(9-5-18(19)10-21)32-14-24(25(29)15-33(30)16-25)12-27(13-24)23(28)17-2-6-20(26)7-3-17/h2-11,29H,12-16H2,1H3. The molecule has 0 radical (unpaired) electrons. The monoisotopic (exact) mass is 469 g/mol. The van der Waals surface area contributed by atoms with E-state index >= 15 is 0 Å². The molecule has 0 unspecified atom stereocenters. The largest absolute Gasteiger partial charge is 0.616 e. The van der Waals surface area contributed by atoms with Crippen molar-refractivity contribution in [3.05, 3.63) is 72.0 Å². The first-order valence-corrected chi connectivity index (χ1v) is 12.1. The van der Waals surface area contributed by atoms with Crippen LogP contribution in [0.5, 0.6) is 11.5 Å². The van der Waals surface area contributed by atoms with Gasteiger partial charge >= 0.3 is 0 Å². The Balaban J connectivity index is 1.32. The average molecular weight is 470 g/mol. The minimum Gasteiger partial charge on any atom is -0.616 e. The van der Waals surface area contributed by atoms with Crippen LogP contribution in [0.4, 0.5) is 4.39 Å². The van der Waals surface area contributed by atoms with Crippen molar-refractivity contribution in [2.45, 2.75) is 5.60 Å². The molecule has 5 rings (SSSR count). The van der Waals surface area contributed by atoms with E-state index in [2.05, 4.69) is 0 Å². The van der Waals surface area contributed by atoms with Crippen LogP contribution in [0.15, 0.2) is 60.7 Å². The summed E-state index contributed by atoms with van der Waals surface area (Å²) < 4.78 is 36.4. The molecule has 3 aromatic rings. The molecule has 1 amide bonds. The Morgan fingerprint density at radius 3 is 2.27 bits per heavy atom. The second-order valence-electron chi connectivity index (χ2n) is 8.87. The lowest BCUT2D eigenvalue weighted by Crippen LogP contribution is -2.77. The molecule has 0 spiro atoms. The molecule has 3 aromatic carbocycles. The number of ether oxygens (including phenoxy) is 2. The number of methoxy groups -OCH3 is 1. The Labute approximate surface area is 194 Å². The van der Waals surface area contributed by atoms with E-state index in [-0.39, 0.29) is 37.1 Å². The lowest BCUT2D eigenvalue weighted by Gasteiger charge is -2.59. The quantitative estimate of drug-likeness (QED) is 0.562. The molecular formula is C25H24FNO5S. The first-order chi connectivity index (χ1) is 15.8. The number of carbonyl (C=O) groups is 1. The van der Waals surface area contributed by atoms with E-state index in [9.17, 15) is 18.8 Å². The van der Waals surface area contributed by atoms with Gasteiger partial charge in [-0.2, -0.15) is 0 Å². The molecule has 2 aliphatic rings. The Kier molecular flexibility index (Phi) is 5.47. The lowest BCUT2D eigenvalue weighted by molar-refractivity contribution is -0.150. The smallest absolute Gasteiger partial charge is 0.253 e. The van der Waals surface area contributed by atoms with Gasteiger partial charge in [-0.25, -0.2) is 4.39 Å². The van der Waals surface area contributed by atoms with Crippen LogP contribution < -0.4 is 9.47 Å². The van der Waals surface area contributed by atoms with Gasteiger partial charge in [0.2, 0.25) is 0 Å². The highest BCUT2D eigenvalue weighted by atomic mass is 32.2. The zero-order valence-corrected chi connectivity index (χ0v) is 18.9. The van der Waals surface area contributed by atoms with Gasteiger partial charge in [-0.1, -0.05) is 12.1 Å². The topological polar surface area (TPSA) is 82.1 Å². The number of carbonyl (C=O) groups excluding carboxylic acids is 1. The molecule has 172 valence electrons. The first kappa shape index (κ1) is 22.0. The van der Waals surface area contributed by atoms with Crippen LogP contribution in [0.3, 0.4) is 0 Å². The summed E-state index contributed by atoms with van der Waals surface area (Å²) in [5.41, 5.74) is -1.48. The molecule has 0 saturated carbocycles. The van der Waals surface area contributed by atoms with Gasteiger partial charge in [0, 0.05) is 18.7 Å². The van der Waals surface area contributed by atoms with Crippen LogP contribution in [0.1, 0.15) is 10.4 Å². The fourth-order valence-corrected chi connectivity index (χ4v) is 6.15. The van der Waals surface area contributed by atoms with Gasteiger partial charge in [0.1, 0.15) is 35.4 Å². The van der Waals surface area contributed by atoms with E-state index in [1.54, 1.807) is 12.0 Å². The van der Waals surface area contributed by atoms with E-state index < -0.39 is 28.0 Å². The Morgan fingerprint density at radius 1 is 1.06 bits per heavy atom. The molecule has 2 aliphatic heterocycles. The van der Waals surface area contributed by atoms with E-state index in [0.29, 0.717) is 11.3 Å². The summed E-state index contributed by atoms with van der Waals surface area (Å²) in [4.78, 5) is 14.4. The van der Waals surface area contributed by atoms with Crippen LogP contribution in [0.2, 0.25) is 0 Å². The minimum absolute atomic E-state index is 0.173. The highest BCUT2D eigenvalue weighted by Gasteiger charge is 2.67. The molecule has 33 heavy (non-hydrogen) atoms. The molecule has 2 fully saturated rings. The maximum absolute atomic E-state index is 13.2. The number of likely N-dealkylation sites (tertiary alicyclic amines) is 1. The lowest BCUT2D eigenvalue weighted by atomic mass is 9.67. The van der Waals surface area contributed by atoms with Gasteiger partial charge in [-0.15, -0.1) is 0 Å². The highest BCUT2D eigenvalue weighted by molar-refractivity contribution is 7.93. The van der Waals surface area contributed by atoms with Crippen LogP contribution in [0.25, 0.3) is 10.8 Å². The normalized spacial score (nSPS) is 23.5. The molecule has 8 heteroatoms. The van der Waals surface area contributed by atoms with Crippen LogP contribution >= 0.6 is 0 Å². The highest BCUT2D eigenvalue weighted by Crippen LogP contribution is 2.47. The molecule has 2 heterocycles. The van der Waals surface area contributed by atoms with Gasteiger partial charge in [0.05, 0.1) is 12.5 Å².